The largest absolute Gasteiger partial charge is 0.481 e. The number of carboxylic acids is 1. The highest BCUT2D eigenvalue weighted by Crippen LogP contribution is 1.91. The maximum atomic E-state index is 10.3. The van der Waals surface area contributed by atoms with E-state index in [2.05, 4.69) is 0 Å². The minimum Gasteiger partial charge on any atom is -0.481 e. The molecule has 0 amide bonds. The average Bonchev–Trinajstić information content (AvgIpc) is 2.20. The number of methoxy groups -OCH3 is 1. The first kappa shape index (κ1) is 14.3. The molecule has 0 fully saturated rings. The van der Waals surface area contributed by atoms with Gasteiger partial charge in [0.2, 0.25) is 0 Å². The van der Waals surface area contributed by atoms with Gasteiger partial charge in [0.25, 0.3) is 0 Å². The third kappa shape index (κ3) is 11.3. The molecule has 0 heterocycles. The number of hydrogen-bond donors (Lipinski definition) is 1. The molecule has 15 heavy (non-hydrogen) atoms. The molecule has 0 saturated heterocycles. The lowest BCUT2D eigenvalue weighted by Gasteiger charge is -2.14. The van der Waals surface area contributed by atoms with Gasteiger partial charge in [-0.1, -0.05) is 0 Å². The van der Waals surface area contributed by atoms with Crippen LogP contribution < -0.4 is 0 Å². The van der Waals surface area contributed by atoms with Gasteiger partial charge in [-0.05, 0) is 13.5 Å². The third-order valence-electron chi connectivity index (χ3n) is 1.97. The number of carbonyl (C=O) groups is 1. The van der Waals surface area contributed by atoms with Crippen molar-refractivity contribution in [3.8, 4) is 0 Å². The van der Waals surface area contributed by atoms with Crippen LogP contribution in [0.3, 0.4) is 0 Å². The second-order valence-corrected chi connectivity index (χ2v) is 3.41. The molecule has 0 aromatic rings. The molecular formula is C10H21NO4. The van der Waals surface area contributed by atoms with Gasteiger partial charge in [-0.15, -0.1) is 0 Å². The Kier molecular flexibility index (Phi) is 9.46. The molecule has 5 heteroatoms. The Balaban J connectivity index is 3.16. The van der Waals surface area contributed by atoms with Crippen LogP contribution in [0.1, 0.15) is 12.8 Å². The molecule has 5 nitrogen and oxygen atoms in total. The molecule has 0 radical (unpaired) electrons. The fourth-order valence-electron chi connectivity index (χ4n) is 1.08. The maximum absolute atomic E-state index is 10.3. The van der Waals surface area contributed by atoms with Gasteiger partial charge in [0.05, 0.1) is 19.6 Å². The summed E-state index contributed by atoms with van der Waals surface area (Å²) in [7, 11) is 3.56. The van der Waals surface area contributed by atoms with E-state index in [1.165, 1.54) is 0 Å². The Morgan fingerprint density at radius 3 is 2.60 bits per heavy atom. The van der Waals surface area contributed by atoms with Gasteiger partial charge in [0.1, 0.15) is 0 Å². The van der Waals surface area contributed by atoms with Gasteiger partial charge in [-0.2, -0.15) is 0 Å². The summed E-state index contributed by atoms with van der Waals surface area (Å²) >= 11 is 0. The Bertz CT molecular complexity index is 164. The van der Waals surface area contributed by atoms with Crippen molar-refractivity contribution in [2.24, 2.45) is 0 Å². The minimum atomic E-state index is -0.752. The van der Waals surface area contributed by atoms with E-state index in [1.54, 1.807) is 7.11 Å². The van der Waals surface area contributed by atoms with Gasteiger partial charge in [0.15, 0.2) is 0 Å². The van der Waals surface area contributed by atoms with Crippen LogP contribution in [0.2, 0.25) is 0 Å². The van der Waals surface area contributed by atoms with Crippen molar-refractivity contribution in [3.05, 3.63) is 0 Å². The predicted molar refractivity (Wildman–Crippen MR) is 57.1 cm³/mol. The van der Waals surface area contributed by atoms with Crippen LogP contribution in [0.5, 0.6) is 0 Å². The van der Waals surface area contributed by atoms with Gasteiger partial charge >= 0.3 is 5.97 Å². The van der Waals surface area contributed by atoms with Crippen LogP contribution in [0.4, 0.5) is 0 Å². The summed E-state index contributed by atoms with van der Waals surface area (Å²) in [6.07, 6.45) is 1.11. The number of carboxylic acid groups (broad SMARTS) is 1. The van der Waals surface area contributed by atoms with E-state index in [0.717, 1.165) is 13.0 Å². The Hall–Kier alpha value is -0.650. The molecule has 0 rings (SSSR count). The average molecular weight is 219 g/mol. The Morgan fingerprint density at radius 2 is 2.00 bits per heavy atom. The smallest absolute Gasteiger partial charge is 0.304 e. The second-order valence-electron chi connectivity index (χ2n) is 3.41. The molecular weight excluding hydrogens is 198 g/mol. The standard InChI is InChI=1S/C10H21NO4/c1-11(6-4-10(12)13)5-3-7-15-9-8-14-2/h3-9H2,1-2H3,(H,12,13). The number of ether oxygens (including phenoxy) is 2. The molecule has 0 spiro atoms. The lowest BCUT2D eigenvalue weighted by atomic mass is 10.3. The van der Waals surface area contributed by atoms with Gasteiger partial charge in [-0.3, -0.25) is 4.79 Å². The summed E-state index contributed by atoms with van der Waals surface area (Å²) in [5.74, 6) is -0.752. The first-order valence-corrected chi connectivity index (χ1v) is 5.14. The number of hydrogen-bond acceptors (Lipinski definition) is 4. The number of rotatable bonds is 10. The van der Waals surface area contributed by atoms with Crippen LogP contribution in [-0.2, 0) is 14.3 Å². The zero-order valence-electron chi connectivity index (χ0n) is 9.57. The molecule has 0 bridgehead atoms. The highest BCUT2D eigenvalue weighted by atomic mass is 16.5. The summed E-state index contributed by atoms with van der Waals surface area (Å²) in [5, 5.41) is 8.47. The van der Waals surface area contributed by atoms with Crippen LogP contribution >= 0.6 is 0 Å². The predicted octanol–water partition coefficient (Wildman–Crippen LogP) is 0.446. The molecule has 0 unspecified atom stereocenters. The summed E-state index contributed by atoms with van der Waals surface area (Å²) in [5.41, 5.74) is 0. The van der Waals surface area contributed by atoms with E-state index in [1.807, 2.05) is 11.9 Å². The normalized spacial score (nSPS) is 10.9. The van der Waals surface area contributed by atoms with E-state index in [0.29, 0.717) is 26.4 Å². The van der Waals surface area contributed by atoms with Crippen molar-refractivity contribution in [3.63, 3.8) is 0 Å². The topological polar surface area (TPSA) is 59.0 Å². The van der Waals surface area contributed by atoms with Crippen LogP contribution in [0.25, 0.3) is 0 Å². The molecule has 0 aliphatic heterocycles. The molecule has 0 aromatic heterocycles. The van der Waals surface area contributed by atoms with Crippen LogP contribution in [-0.4, -0.2) is 63.0 Å². The summed E-state index contributed by atoms with van der Waals surface area (Å²) in [6, 6.07) is 0. The summed E-state index contributed by atoms with van der Waals surface area (Å²) < 4.78 is 10.1. The summed E-state index contributed by atoms with van der Waals surface area (Å²) in [4.78, 5) is 12.3. The highest BCUT2D eigenvalue weighted by molar-refractivity contribution is 5.66. The molecule has 0 aliphatic carbocycles. The Labute approximate surface area is 91.0 Å². The van der Waals surface area contributed by atoms with Crippen molar-refractivity contribution in [2.45, 2.75) is 12.8 Å². The monoisotopic (exact) mass is 219 g/mol. The quantitative estimate of drug-likeness (QED) is 0.540. The van der Waals surface area contributed by atoms with Crippen molar-refractivity contribution < 1.29 is 19.4 Å². The SMILES string of the molecule is COCCOCCCN(C)CCC(=O)O. The molecule has 0 saturated carbocycles. The first-order chi connectivity index (χ1) is 7.16. The van der Waals surface area contributed by atoms with Crippen molar-refractivity contribution in [1.29, 1.82) is 0 Å². The molecule has 1 N–H and O–H groups in total. The molecule has 0 aliphatic rings. The van der Waals surface area contributed by atoms with Crippen molar-refractivity contribution in [2.75, 3.05) is 47.1 Å². The summed E-state index contributed by atoms with van der Waals surface area (Å²) in [6.45, 7) is 3.39. The van der Waals surface area contributed by atoms with E-state index < -0.39 is 5.97 Å². The Morgan fingerprint density at radius 1 is 1.27 bits per heavy atom. The van der Waals surface area contributed by atoms with E-state index >= 15 is 0 Å². The molecule has 90 valence electrons. The lowest BCUT2D eigenvalue weighted by Crippen LogP contribution is -2.24. The minimum absolute atomic E-state index is 0.195. The van der Waals surface area contributed by atoms with Gasteiger partial charge in [-0.25, -0.2) is 0 Å². The third-order valence-corrected chi connectivity index (χ3v) is 1.97. The van der Waals surface area contributed by atoms with Gasteiger partial charge < -0.3 is 19.5 Å². The first-order valence-electron chi connectivity index (χ1n) is 5.14. The number of nitrogens with zero attached hydrogens (tertiary/aromatic N) is 1. The van der Waals surface area contributed by atoms with Crippen LogP contribution in [0.15, 0.2) is 0 Å². The number of aliphatic carboxylic acids is 1. The van der Waals surface area contributed by atoms with E-state index in [9.17, 15) is 4.79 Å². The molecule has 0 aromatic carbocycles. The highest BCUT2D eigenvalue weighted by Gasteiger charge is 2.01. The van der Waals surface area contributed by atoms with E-state index in [-0.39, 0.29) is 6.42 Å². The molecule has 0 atom stereocenters. The zero-order valence-corrected chi connectivity index (χ0v) is 9.57. The fourth-order valence-corrected chi connectivity index (χ4v) is 1.08. The van der Waals surface area contributed by atoms with E-state index in [4.69, 9.17) is 14.6 Å². The zero-order chi connectivity index (χ0) is 11.5. The van der Waals surface area contributed by atoms with Crippen molar-refractivity contribution >= 4 is 5.97 Å². The fraction of sp³-hybridized carbons (Fsp3) is 0.900. The van der Waals surface area contributed by atoms with Crippen molar-refractivity contribution in [1.82, 2.24) is 4.90 Å². The second kappa shape index (κ2) is 9.89. The maximum Gasteiger partial charge on any atom is 0.304 e. The lowest BCUT2D eigenvalue weighted by molar-refractivity contribution is -0.137. The van der Waals surface area contributed by atoms with Crippen LogP contribution in [0, 0.1) is 0 Å². The van der Waals surface area contributed by atoms with Gasteiger partial charge in [0, 0.05) is 26.8 Å².